The van der Waals surface area contributed by atoms with Crippen molar-refractivity contribution in [3.05, 3.63) is 71.3 Å². The monoisotopic (exact) mass is 387 g/mol. The van der Waals surface area contributed by atoms with Crippen molar-refractivity contribution in [1.82, 2.24) is 14.8 Å². The average Bonchev–Trinajstić information content (AvgIpc) is 3.12. The fourth-order valence-corrected chi connectivity index (χ4v) is 3.18. The second-order valence-electron chi connectivity index (χ2n) is 6.86. The van der Waals surface area contributed by atoms with E-state index in [1.807, 2.05) is 48.0 Å². The Balaban J connectivity index is 1.83. The van der Waals surface area contributed by atoms with E-state index < -0.39 is 5.97 Å². The van der Waals surface area contributed by atoms with Crippen LogP contribution in [0.3, 0.4) is 0 Å². The van der Waals surface area contributed by atoms with E-state index in [2.05, 4.69) is 28.8 Å². The summed E-state index contributed by atoms with van der Waals surface area (Å²) >= 11 is 0. The van der Waals surface area contributed by atoms with Crippen LogP contribution in [0.1, 0.15) is 54.3 Å². The highest BCUT2D eigenvalue weighted by atomic mass is 16.4. The minimum Gasteiger partial charge on any atom is -0.478 e. The molecule has 0 radical (unpaired) electrons. The molecule has 2 aromatic carbocycles. The number of hydrogen-bond acceptors (Lipinski definition) is 3. The third kappa shape index (κ3) is 5.11. The average molecular weight is 387 g/mol. The van der Waals surface area contributed by atoms with E-state index in [0.717, 1.165) is 42.0 Å². The van der Waals surface area contributed by atoms with Crippen LogP contribution in [0, 0.1) is 11.8 Å². The van der Waals surface area contributed by atoms with Gasteiger partial charge in [0, 0.05) is 6.42 Å². The molecule has 0 unspecified atom stereocenters. The molecule has 0 bridgehead atoms. The van der Waals surface area contributed by atoms with Crippen molar-refractivity contribution >= 4 is 5.97 Å². The van der Waals surface area contributed by atoms with E-state index in [4.69, 9.17) is 0 Å². The van der Waals surface area contributed by atoms with Gasteiger partial charge < -0.3 is 5.11 Å². The van der Waals surface area contributed by atoms with Crippen molar-refractivity contribution in [1.29, 1.82) is 0 Å². The van der Waals surface area contributed by atoms with Crippen molar-refractivity contribution in [3.8, 4) is 23.0 Å². The fraction of sp³-hybridized carbons (Fsp3) is 0.292. The number of rotatable bonds is 8. The second kappa shape index (κ2) is 9.70. The molecule has 1 N–H and O–H groups in total. The quantitative estimate of drug-likeness (QED) is 0.574. The maximum atomic E-state index is 11.5. The zero-order valence-electron chi connectivity index (χ0n) is 16.9. The van der Waals surface area contributed by atoms with Crippen molar-refractivity contribution < 1.29 is 9.90 Å². The highest BCUT2D eigenvalue weighted by Crippen LogP contribution is 2.24. The van der Waals surface area contributed by atoms with Gasteiger partial charge in [-0.15, -0.1) is 5.92 Å². The van der Waals surface area contributed by atoms with Crippen LogP contribution < -0.4 is 0 Å². The normalized spacial score (nSPS) is 10.4. The molecule has 1 heterocycles. The highest BCUT2D eigenvalue weighted by Gasteiger charge is 2.12. The summed E-state index contributed by atoms with van der Waals surface area (Å²) in [5.41, 5.74) is 2.98. The summed E-state index contributed by atoms with van der Waals surface area (Å²) in [6.07, 6.45) is 3.64. The molecule has 0 saturated heterocycles. The van der Waals surface area contributed by atoms with Crippen LogP contribution in [0.2, 0.25) is 0 Å². The minimum atomic E-state index is -0.923. The fourth-order valence-electron chi connectivity index (χ4n) is 3.18. The number of hydrogen-bond donors (Lipinski definition) is 1. The zero-order valence-corrected chi connectivity index (χ0v) is 16.9. The minimum absolute atomic E-state index is 0.303. The molecule has 0 amide bonds. The van der Waals surface area contributed by atoms with Gasteiger partial charge in [-0.2, -0.15) is 5.10 Å². The molecule has 0 spiro atoms. The molecule has 0 fully saturated rings. The highest BCUT2D eigenvalue weighted by molar-refractivity contribution is 5.95. The smallest absolute Gasteiger partial charge is 0.336 e. The molecule has 0 aliphatic rings. The molecule has 5 heteroatoms. The second-order valence-corrected chi connectivity index (χ2v) is 6.86. The Morgan fingerprint density at radius 2 is 1.90 bits per heavy atom. The number of nitrogens with zero attached hydrogens (tertiary/aromatic N) is 3. The zero-order chi connectivity index (χ0) is 20.6. The summed E-state index contributed by atoms with van der Waals surface area (Å²) in [5.74, 6) is 6.82. The summed E-state index contributed by atoms with van der Waals surface area (Å²) < 4.78 is 1.93. The first-order chi connectivity index (χ1) is 14.1. The summed E-state index contributed by atoms with van der Waals surface area (Å²) in [5, 5.41) is 14.1. The van der Waals surface area contributed by atoms with Crippen LogP contribution in [0.15, 0.2) is 48.5 Å². The van der Waals surface area contributed by atoms with Gasteiger partial charge in [-0.1, -0.05) is 61.7 Å². The Morgan fingerprint density at radius 1 is 1.14 bits per heavy atom. The van der Waals surface area contributed by atoms with E-state index in [-0.39, 0.29) is 0 Å². The third-order valence-electron chi connectivity index (χ3n) is 4.72. The van der Waals surface area contributed by atoms with Gasteiger partial charge in [-0.3, -0.25) is 0 Å². The molecule has 5 nitrogen and oxygen atoms in total. The molecule has 0 aliphatic heterocycles. The summed E-state index contributed by atoms with van der Waals surface area (Å²) in [4.78, 5) is 16.1. The third-order valence-corrected chi connectivity index (χ3v) is 4.72. The number of carboxylic acid groups (broad SMARTS) is 1. The van der Waals surface area contributed by atoms with Crippen LogP contribution in [0.25, 0.3) is 11.1 Å². The number of carbonyl (C=O) groups is 1. The van der Waals surface area contributed by atoms with Gasteiger partial charge in [-0.25, -0.2) is 14.5 Å². The van der Waals surface area contributed by atoms with E-state index in [1.165, 1.54) is 0 Å². The van der Waals surface area contributed by atoms with E-state index >= 15 is 0 Å². The van der Waals surface area contributed by atoms with Crippen LogP contribution >= 0.6 is 0 Å². The van der Waals surface area contributed by atoms with Gasteiger partial charge in [0.1, 0.15) is 5.82 Å². The number of aromatic nitrogens is 3. The number of benzene rings is 2. The molecule has 3 rings (SSSR count). The Bertz CT molecular complexity index is 1040. The summed E-state index contributed by atoms with van der Waals surface area (Å²) in [7, 11) is 0. The van der Waals surface area contributed by atoms with Crippen molar-refractivity contribution in [2.45, 2.75) is 46.1 Å². The summed E-state index contributed by atoms with van der Waals surface area (Å²) in [6, 6.07) is 15.0. The first kappa shape index (κ1) is 20.3. The lowest BCUT2D eigenvalue weighted by atomic mass is 9.99. The van der Waals surface area contributed by atoms with Gasteiger partial charge in [0.05, 0.1) is 18.5 Å². The molecule has 29 heavy (non-hydrogen) atoms. The topological polar surface area (TPSA) is 68.0 Å². The van der Waals surface area contributed by atoms with Crippen molar-refractivity contribution in [2.24, 2.45) is 0 Å². The van der Waals surface area contributed by atoms with Crippen LogP contribution in [-0.4, -0.2) is 25.8 Å². The molecule has 0 atom stereocenters. The molecule has 0 aliphatic carbocycles. The molecule has 0 saturated carbocycles. The lowest BCUT2D eigenvalue weighted by Crippen LogP contribution is -2.07. The lowest BCUT2D eigenvalue weighted by Gasteiger charge is -2.08. The van der Waals surface area contributed by atoms with Crippen molar-refractivity contribution in [2.75, 3.05) is 0 Å². The van der Waals surface area contributed by atoms with E-state index in [1.54, 1.807) is 12.1 Å². The first-order valence-electron chi connectivity index (χ1n) is 9.86. The number of aromatic carboxylic acids is 1. The Kier molecular flexibility index (Phi) is 6.80. The Morgan fingerprint density at radius 3 is 2.59 bits per heavy atom. The van der Waals surface area contributed by atoms with Gasteiger partial charge in [0.2, 0.25) is 0 Å². The van der Waals surface area contributed by atoms with E-state index in [9.17, 15) is 9.90 Å². The van der Waals surface area contributed by atoms with Crippen molar-refractivity contribution in [3.63, 3.8) is 0 Å². The number of carboxylic acids is 1. The standard InChI is InChI=1S/C24H25N3O2/c1-3-5-11-22-25-23(12-6-4-2)27(26-22)17-18-13-15-19(16-14-18)20-9-7-8-10-21(20)24(28)29/h7-10,13-16H,3,5,11-12,17H2,1-2H3,(H,28,29). The maximum absolute atomic E-state index is 11.5. The number of aryl methyl sites for hydroxylation is 1. The molecule has 1 aromatic heterocycles. The maximum Gasteiger partial charge on any atom is 0.336 e. The van der Waals surface area contributed by atoms with Gasteiger partial charge in [0.15, 0.2) is 5.82 Å². The molecule has 148 valence electrons. The van der Waals surface area contributed by atoms with Crippen LogP contribution in [0.5, 0.6) is 0 Å². The van der Waals surface area contributed by atoms with E-state index in [0.29, 0.717) is 24.1 Å². The molecular formula is C24H25N3O2. The van der Waals surface area contributed by atoms with Gasteiger partial charge >= 0.3 is 5.97 Å². The van der Waals surface area contributed by atoms with Gasteiger partial charge in [0.25, 0.3) is 0 Å². The SMILES string of the molecule is CC#CCc1nc(CCCC)nn1Cc1ccc(-c2ccccc2C(=O)O)cc1. The molecular weight excluding hydrogens is 362 g/mol. The Labute approximate surface area is 171 Å². The predicted molar refractivity (Wildman–Crippen MR) is 114 cm³/mol. The first-order valence-corrected chi connectivity index (χ1v) is 9.86. The summed E-state index contributed by atoms with van der Waals surface area (Å²) in [6.45, 7) is 4.59. The predicted octanol–water partition coefficient (Wildman–Crippen LogP) is 4.60. The molecule has 3 aromatic rings. The van der Waals surface area contributed by atoms with Gasteiger partial charge in [-0.05, 0) is 36.1 Å². The Hall–Kier alpha value is -3.39. The van der Waals surface area contributed by atoms with Crippen LogP contribution in [0.4, 0.5) is 0 Å². The lowest BCUT2D eigenvalue weighted by molar-refractivity contribution is 0.0697. The van der Waals surface area contributed by atoms with Crippen LogP contribution in [-0.2, 0) is 19.4 Å². The number of unbranched alkanes of at least 4 members (excludes halogenated alkanes) is 1. The largest absolute Gasteiger partial charge is 0.478 e.